The first-order valence-corrected chi connectivity index (χ1v) is 25.7. The number of aliphatic carboxylic acids is 1. The lowest BCUT2D eigenvalue weighted by atomic mass is 9.83. The van der Waals surface area contributed by atoms with E-state index < -0.39 is 21.5 Å². The summed E-state index contributed by atoms with van der Waals surface area (Å²) in [7, 11) is -1.15. The zero-order valence-corrected chi connectivity index (χ0v) is 42.6. The molecular formula is C53H75N2O14S+. The van der Waals surface area contributed by atoms with Crippen LogP contribution in [-0.4, -0.2) is 150 Å². The van der Waals surface area contributed by atoms with Gasteiger partial charge < -0.3 is 52.3 Å². The molecule has 1 atom stereocenters. The topological polar surface area (TPSA) is 185 Å². The van der Waals surface area contributed by atoms with Gasteiger partial charge in [0.05, 0.1) is 90.2 Å². The van der Waals surface area contributed by atoms with E-state index in [9.17, 15) is 22.9 Å². The van der Waals surface area contributed by atoms with Crippen molar-refractivity contribution in [3.8, 4) is 11.3 Å². The van der Waals surface area contributed by atoms with Gasteiger partial charge in [-0.3, -0.25) is 9.35 Å². The number of nitrogens with zero attached hydrogens (tertiary/aromatic N) is 2. The number of carbonyl (C=O) groups is 1. The van der Waals surface area contributed by atoms with Crippen LogP contribution in [0.25, 0.3) is 17.4 Å². The van der Waals surface area contributed by atoms with Crippen LogP contribution in [0.4, 0.5) is 5.69 Å². The summed E-state index contributed by atoms with van der Waals surface area (Å²) in [6, 6.07) is 11.1. The molecule has 5 rings (SSSR count). The lowest BCUT2D eigenvalue weighted by Gasteiger charge is -2.27. The summed E-state index contributed by atoms with van der Waals surface area (Å²) in [5, 5.41) is 10.1. The third kappa shape index (κ3) is 17.4. The summed E-state index contributed by atoms with van der Waals surface area (Å²) in [5.74, 6) is 0.745. The summed E-state index contributed by atoms with van der Waals surface area (Å²) >= 11 is 0. The summed E-state index contributed by atoms with van der Waals surface area (Å²) in [6.45, 7) is 14.8. The van der Waals surface area contributed by atoms with Gasteiger partial charge in [-0.05, 0) is 79.3 Å². The Morgan fingerprint density at radius 2 is 1.40 bits per heavy atom. The van der Waals surface area contributed by atoms with Crippen LogP contribution in [0.5, 0.6) is 0 Å². The Balaban J connectivity index is 1.43. The third-order valence-corrected chi connectivity index (χ3v) is 13.1. The van der Waals surface area contributed by atoms with Crippen LogP contribution in [0, 0.1) is 6.92 Å². The number of methoxy groups -OCH3 is 2. The number of benzene rings is 2. The minimum Gasteiger partial charge on any atom is -0.481 e. The van der Waals surface area contributed by atoms with E-state index in [1.54, 1.807) is 26.4 Å². The number of hydrogen-bond acceptors (Lipinski definition) is 13. The van der Waals surface area contributed by atoms with E-state index >= 15 is 0 Å². The smallest absolute Gasteiger partial charge is 0.303 e. The summed E-state index contributed by atoms with van der Waals surface area (Å²) < 4.78 is 87.9. The maximum atomic E-state index is 12.2. The fourth-order valence-corrected chi connectivity index (χ4v) is 9.08. The molecule has 0 aromatic heterocycles. The number of allylic oxidation sites excluding steroid dienone is 7. The van der Waals surface area contributed by atoms with Gasteiger partial charge in [0, 0.05) is 61.5 Å². The molecule has 2 heterocycles. The molecule has 386 valence electrons. The standard InChI is InChI=1S/C53H74N2O14S/c1-41-48(15-12-16-50-53(2,3)46-40-44(70(58,59)60)19-21-47(46)55(50)22-11-7-10-17-51(56)57)69-49-39-43(18-20-45(49)52(41)42-13-8-6-9-14-42)54(23-25-63-31-33-67-37-35-65-29-27-61-4)24-26-64-32-34-68-38-36-66-30-28-62-5/h6,8-9,12-13,15-16,18-21,39-40,42H,7,10-11,14,17,22-38H2,1-5H3,(H-,56,57,58,59,60)/p+1. The van der Waals surface area contributed by atoms with Crippen molar-refractivity contribution >= 4 is 27.9 Å². The first kappa shape index (κ1) is 56.4. The molecule has 2 aliphatic carbocycles. The minimum absolute atomic E-state index is 0.101. The van der Waals surface area contributed by atoms with Gasteiger partial charge >= 0.3 is 5.97 Å². The van der Waals surface area contributed by atoms with Crippen molar-refractivity contribution in [3.63, 3.8) is 0 Å². The van der Waals surface area contributed by atoms with E-state index in [2.05, 4.69) is 58.9 Å². The molecule has 16 nitrogen and oxygen atoms in total. The normalized spacial score (nSPS) is 16.1. The Kier molecular flexibility index (Phi) is 23.9. The third-order valence-electron chi connectivity index (χ3n) is 12.3. The van der Waals surface area contributed by atoms with Crippen LogP contribution in [0.3, 0.4) is 0 Å². The molecule has 70 heavy (non-hydrogen) atoms. The van der Waals surface area contributed by atoms with Crippen LogP contribution in [-0.2, 0) is 58.2 Å². The number of fused-ring (bicyclic) bond motifs is 2. The second-order valence-corrected chi connectivity index (χ2v) is 19.0. The molecule has 0 bridgehead atoms. The zero-order valence-electron chi connectivity index (χ0n) is 41.7. The average Bonchev–Trinajstić information content (AvgIpc) is 3.55. The summed E-state index contributed by atoms with van der Waals surface area (Å²) in [5.41, 5.74) is 5.14. The Bertz CT molecular complexity index is 2340. The molecule has 2 N–H and O–H groups in total. The quantitative estimate of drug-likeness (QED) is 0.0352. The highest BCUT2D eigenvalue weighted by molar-refractivity contribution is 7.85. The van der Waals surface area contributed by atoms with Crippen molar-refractivity contribution in [1.82, 2.24) is 4.58 Å². The average molecular weight is 996 g/mol. The van der Waals surface area contributed by atoms with Gasteiger partial charge in [0.2, 0.25) is 5.36 Å². The van der Waals surface area contributed by atoms with Crippen molar-refractivity contribution in [2.24, 2.45) is 0 Å². The number of ether oxygens (including phenoxy) is 8. The molecule has 1 aromatic carbocycles. The molecule has 0 fully saturated rings. The van der Waals surface area contributed by atoms with Crippen molar-refractivity contribution in [3.05, 3.63) is 106 Å². The fourth-order valence-electron chi connectivity index (χ4n) is 8.57. The van der Waals surface area contributed by atoms with E-state index in [0.717, 1.165) is 58.5 Å². The van der Waals surface area contributed by atoms with E-state index in [4.69, 9.17) is 42.3 Å². The highest BCUT2D eigenvalue weighted by atomic mass is 32.2. The Labute approximate surface area is 414 Å². The maximum absolute atomic E-state index is 12.2. The number of carboxylic acid groups (broad SMARTS) is 1. The number of carboxylic acids is 1. The van der Waals surface area contributed by atoms with Crippen molar-refractivity contribution in [2.45, 2.75) is 69.1 Å². The molecule has 0 radical (unpaired) electrons. The molecule has 17 heteroatoms. The highest BCUT2D eigenvalue weighted by Gasteiger charge is 2.40. The molecule has 2 aliphatic heterocycles. The number of rotatable bonds is 34. The van der Waals surface area contributed by atoms with E-state index in [0.29, 0.717) is 124 Å². The van der Waals surface area contributed by atoms with Crippen molar-refractivity contribution in [1.29, 1.82) is 0 Å². The van der Waals surface area contributed by atoms with Crippen LogP contribution in [0.15, 0.2) is 87.9 Å². The number of anilines is 1. The largest absolute Gasteiger partial charge is 0.481 e. The van der Waals surface area contributed by atoms with Gasteiger partial charge in [-0.1, -0.05) is 50.6 Å². The lowest BCUT2D eigenvalue weighted by Crippen LogP contribution is -2.36. The van der Waals surface area contributed by atoms with Gasteiger partial charge in [-0.2, -0.15) is 8.42 Å². The van der Waals surface area contributed by atoms with Crippen LogP contribution in [0.2, 0.25) is 0 Å². The number of unbranched alkanes of at least 4 members (excludes halogenated alkanes) is 2. The lowest BCUT2D eigenvalue weighted by molar-refractivity contribution is -0.137. The van der Waals surface area contributed by atoms with Crippen molar-refractivity contribution < 1.29 is 65.2 Å². The molecule has 4 aliphatic rings. The van der Waals surface area contributed by atoms with Crippen LogP contribution < -0.4 is 14.8 Å². The molecule has 1 aromatic rings. The molecule has 0 amide bonds. The molecular weight excluding hydrogens is 921 g/mol. The van der Waals surface area contributed by atoms with Gasteiger partial charge in [0.1, 0.15) is 24.7 Å². The van der Waals surface area contributed by atoms with Gasteiger partial charge in [-0.15, -0.1) is 0 Å². The van der Waals surface area contributed by atoms with Crippen LogP contribution in [0.1, 0.15) is 74.3 Å². The minimum atomic E-state index is -4.43. The van der Waals surface area contributed by atoms with Crippen LogP contribution >= 0.6 is 0 Å². The Morgan fingerprint density at radius 3 is 1.96 bits per heavy atom. The molecule has 1 unspecified atom stereocenters. The SMILES string of the molecule is COCCOCCOCCOCC[N+](CCOCCOCCOCCOC)=c1ccc2c(C3C=CC=CC3)c(C)c(/C=C/C=C3/N(CCCCCC(=O)O)c4ccc(S(=O)(=O)O)cc4C3(C)C)oc-2c1. The van der Waals surface area contributed by atoms with E-state index in [-0.39, 0.29) is 17.2 Å². The zero-order chi connectivity index (χ0) is 50.2. The molecule has 0 saturated carbocycles. The predicted octanol–water partition coefficient (Wildman–Crippen LogP) is 7.04. The second kappa shape index (κ2) is 29.7. The van der Waals surface area contributed by atoms with Gasteiger partial charge in [0.15, 0.2) is 13.1 Å². The Morgan fingerprint density at radius 1 is 0.800 bits per heavy atom. The first-order chi connectivity index (χ1) is 33.9. The molecule has 0 saturated heterocycles. The van der Waals surface area contributed by atoms with Crippen molar-refractivity contribution in [2.75, 3.05) is 131 Å². The van der Waals surface area contributed by atoms with Gasteiger partial charge in [-0.25, -0.2) is 4.58 Å². The van der Waals surface area contributed by atoms with E-state index in [1.165, 1.54) is 11.6 Å². The first-order valence-electron chi connectivity index (χ1n) is 24.3. The fraction of sp³-hybridized carbons (Fsp3) is 0.547. The monoisotopic (exact) mass is 995 g/mol. The van der Waals surface area contributed by atoms with Gasteiger partial charge in [0.25, 0.3) is 10.1 Å². The number of hydrogen-bond donors (Lipinski definition) is 2. The van der Waals surface area contributed by atoms with E-state index in [1.807, 2.05) is 32.1 Å². The second-order valence-electron chi connectivity index (χ2n) is 17.5. The maximum Gasteiger partial charge on any atom is 0.303 e. The molecule has 0 spiro atoms. The summed E-state index contributed by atoms with van der Waals surface area (Å²) in [4.78, 5) is 13.2. The highest BCUT2D eigenvalue weighted by Crippen LogP contribution is 2.49. The Hall–Kier alpha value is -4.53. The summed E-state index contributed by atoms with van der Waals surface area (Å²) in [6.07, 6.45) is 17.5. The predicted molar refractivity (Wildman–Crippen MR) is 269 cm³/mol.